The van der Waals surface area contributed by atoms with Gasteiger partial charge in [-0.3, -0.25) is 14.4 Å². The van der Waals surface area contributed by atoms with Crippen LogP contribution in [0.5, 0.6) is 0 Å². The maximum atomic E-state index is 12.7. The Hall–Kier alpha value is -2.21. The largest absolute Gasteiger partial charge is 0.468 e. The van der Waals surface area contributed by atoms with Gasteiger partial charge in [0.15, 0.2) is 11.7 Å². The number of rotatable bonds is 3. The lowest BCUT2D eigenvalue weighted by molar-refractivity contribution is -0.166. The molecule has 122 valence electrons. The number of Topliss-reactive ketones (excluding diaryl/α,β-unsaturated/α-hetero) is 1. The van der Waals surface area contributed by atoms with Crippen LogP contribution >= 0.6 is 0 Å². The van der Waals surface area contributed by atoms with Gasteiger partial charge in [0.05, 0.1) is 19.1 Å². The number of benzene rings is 1. The molecule has 23 heavy (non-hydrogen) atoms. The fraction of sp³-hybridized carbons (Fsp3) is 0.471. The second-order valence-corrected chi connectivity index (χ2v) is 6.08. The van der Waals surface area contributed by atoms with E-state index in [2.05, 4.69) is 4.74 Å². The Balaban J connectivity index is 1.91. The quantitative estimate of drug-likeness (QED) is 0.609. The van der Waals surface area contributed by atoms with E-state index in [0.29, 0.717) is 19.6 Å². The number of carbonyl (C=O) groups excluding carboxylic acids is 3. The van der Waals surface area contributed by atoms with Gasteiger partial charge in [0.25, 0.3) is 0 Å². The number of methoxy groups -OCH3 is 1. The third-order valence-electron chi connectivity index (χ3n) is 4.59. The molecule has 0 radical (unpaired) electrons. The minimum Gasteiger partial charge on any atom is -0.468 e. The Morgan fingerprint density at radius 2 is 2.09 bits per heavy atom. The van der Waals surface area contributed by atoms with E-state index < -0.39 is 23.2 Å². The topological polar surface area (TPSA) is 72.9 Å². The third-order valence-corrected chi connectivity index (χ3v) is 4.59. The molecule has 2 unspecified atom stereocenters. The molecular formula is C17H19NO5. The summed E-state index contributed by atoms with van der Waals surface area (Å²) >= 11 is 0. The van der Waals surface area contributed by atoms with Crippen LogP contribution in [0.4, 0.5) is 0 Å². The minimum absolute atomic E-state index is 0.248. The van der Waals surface area contributed by atoms with E-state index in [0.717, 1.165) is 5.56 Å². The molecule has 2 heterocycles. The molecule has 6 heteroatoms. The van der Waals surface area contributed by atoms with Crippen LogP contribution in [-0.2, 0) is 30.4 Å². The van der Waals surface area contributed by atoms with Crippen LogP contribution in [0.2, 0.25) is 0 Å². The van der Waals surface area contributed by atoms with Gasteiger partial charge in [0, 0.05) is 19.7 Å². The zero-order valence-electron chi connectivity index (χ0n) is 13.0. The van der Waals surface area contributed by atoms with Gasteiger partial charge in [-0.1, -0.05) is 30.3 Å². The van der Waals surface area contributed by atoms with E-state index >= 15 is 0 Å². The fourth-order valence-corrected chi connectivity index (χ4v) is 3.31. The van der Waals surface area contributed by atoms with Gasteiger partial charge in [-0.15, -0.1) is 0 Å². The molecule has 1 amide bonds. The number of carbonyl (C=O) groups is 3. The van der Waals surface area contributed by atoms with Gasteiger partial charge in [-0.05, 0) is 12.0 Å². The van der Waals surface area contributed by atoms with Crippen molar-refractivity contribution in [1.82, 2.24) is 4.90 Å². The van der Waals surface area contributed by atoms with Gasteiger partial charge in [0.2, 0.25) is 5.91 Å². The highest BCUT2D eigenvalue weighted by atomic mass is 16.5. The Morgan fingerprint density at radius 1 is 1.35 bits per heavy atom. The molecule has 2 saturated heterocycles. The first-order chi connectivity index (χ1) is 11.1. The standard InChI is InChI=1S/C17H19NO5/c1-22-16(21)13-14(19)17(7-8-23-11-17)10-18(15(13)20)9-12-5-3-2-4-6-12/h2-6,13H,7-11H2,1H3. The summed E-state index contributed by atoms with van der Waals surface area (Å²) in [5, 5.41) is 0. The molecule has 2 atom stereocenters. The van der Waals surface area contributed by atoms with E-state index in [4.69, 9.17) is 4.74 Å². The lowest BCUT2D eigenvalue weighted by Crippen LogP contribution is -2.59. The second kappa shape index (κ2) is 6.12. The third kappa shape index (κ3) is 2.74. The van der Waals surface area contributed by atoms with Crippen molar-refractivity contribution >= 4 is 17.7 Å². The Morgan fingerprint density at radius 3 is 2.70 bits per heavy atom. The minimum atomic E-state index is -1.38. The van der Waals surface area contributed by atoms with Crippen molar-refractivity contribution in [2.24, 2.45) is 11.3 Å². The number of likely N-dealkylation sites (tertiary alicyclic amines) is 1. The van der Waals surface area contributed by atoms with Crippen molar-refractivity contribution in [1.29, 1.82) is 0 Å². The molecule has 2 aliphatic rings. The fourth-order valence-electron chi connectivity index (χ4n) is 3.31. The Bertz CT molecular complexity index is 621. The number of hydrogen-bond donors (Lipinski definition) is 0. The van der Waals surface area contributed by atoms with Crippen LogP contribution in [0.25, 0.3) is 0 Å². The molecule has 0 N–H and O–H groups in total. The highest BCUT2D eigenvalue weighted by Crippen LogP contribution is 2.38. The Kier molecular flexibility index (Phi) is 4.17. The molecule has 0 bridgehead atoms. The monoisotopic (exact) mass is 317 g/mol. The lowest BCUT2D eigenvalue weighted by Gasteiger charge is -2.40. The van der Waals surface area contributed by atoms with Gasteiger partial charge in [0.1, 0.15) is 0 Å². The summed E-state index contributed by atoms with van der Waals surface area (Å²) in [4.78, 5) is 38.9. The maximum Gasteiger partial charge on any atom is 0.325 e. The highest BCUT2D eigenvalue weighted by molar-refractivity contribution is 6.19. The second-order valence-electron chi connectivity index (χ2n) is 6.08. The molecule has 1 aromatic carbocycles. The zero-order valence-corrected chi connectivity index (χ0v) is 13.0. The first-order valence-corrected chi connectivity index (χ1v) is 7.60. The van der Waals surface area contributed by atoms with Crippen LogP contribution in [0.15, 0.2) is 30.3 Å². The maximum absolute atomic E-state index is 12.7. The zero-order chi connectivity index (χ0) is 16.4. The molecule has 2 fully saturated rings. The molecule has 0 aromatic heterocycles. The molecule has 1 aromatic rings. The van der Waals surface area contributed by atoms with Crippen molar-refractivity contribution < 1.29 is 23.9 Å². The molecular weight excluding hydrogens is 298 g/mol. The number of ether oxygens (including phenoxy) is 2. The van der Waals surface area contributed by atoms with Crippen LogP contribution in [0.1, 0.15) is 12.0 Å². The molecule has 2 aliphatic heterocycles. The van der Waals surface area contributed by atoms with Crippen LogP contribution < -0.4 is 0 Å². The summed E-state index contributed by atoms with van der Waals surface area (Å²) in [7, 11) is 1.19. The number of piperidine rings is 1. The van der Waals surface area contributed by atoms with E-state index in [-0.39, 0.29) is 18.9 Å². The van der Waals surface area contributed by atoms with Gasteiger partial charge < -0.3 is 14.4 Å². The number of hydrogen-bond acceptors (Lipinski definition) is 5. The summed E-state index contributed by atoms with van der Waals surface area (Å²) < 4.78 is 10.1. The first kappa shape index (κ1) is 15.7. The molecule has 3 rings (SSSR count). The predicted octanol–water partition coefficient (Wildman–Crippen LogP) is 0.794. The van der Waals surface area contributed by atoms with E-state index in [1.54, 1.807) is 4.90 Å². The summed E-state index contributed by atoms with van der Waals surface area (Å²) in [6, 6.07) is 9.50. The summed E-state index contributed by atoms with van der Waals surface area (Å²) in [5.74, 6) is -3.01. The predicted molar refractivity (Wildman–Crippen MR) is 80.2 cm³/mol. The van der Waals surface area contributed by atoms with E-state index in [9.17, 15) is 14.4 Å². The molecule has 1 spiro atoms. The van der Waals surface area contributed by atoms with Crippen molar-refractivity contribution in [3.05, 3.63) is 35.9 Å². The van der Waals surface area contributed by atoms with Crippen LogP contribution in [0.3, 0.4) is 0 Å². The number of amides is 1. The van der Waals surface area contributed by atoms with Crippen molar-refractivity contribution in [2.75, 3.05) is 26.9 Å². The van der Waals surface area contributed by atoms with E-state index in [1.807, 2.05) is 30.3 Å². The lowest BCUT2D eigenvalue weighted by atomic mass is 9.73. The normalized spacial score (nSPS) is 27.5. The van der Waals surface area contributed by atoms with Crippen molar-refractivity contribution in [3.8, 4) is 0 Å². The van der Waals surface area contributed by atoms with Gasteiger partial charge in [-0.25, -0.2) is 0 Å². The van der Waals surface area contributed by atoms with Crippen molar-refractivity contribution in [3.63, 3.8) is 0 Å². The van der Waals surface area contributed by atoms with Crippen LogP contribution in [-0.4, -0.2) is 49.4 Å². The number of nitrogens with zero attached hydrogens (tertiary/aromatic N) is 1. The SMILES string of the molecule is COC(=O)C1C(=O)N(Cc2ccccc2)CC2(CCOC2)C1=O. The van der Waals surface area contributed by atoms with Crippen molar-refractivity contribution in [2.45, 2.75) is 13.0 Å². The summed E-state index contributed by atoms with van der Waals surface area (Å²) in [6.45, 7) is 1.36. The number of esters is 1. The molecule has 0 aliphatic carbocycles. The Labute approximate surface area is 134 Å². The first-order valence-electron chi connectivity index (χ1n) is 7.60. The van der Waals surface area contributed by atoms with Crippen LogP contribution in [0, 0.1) is 11.3 Å². The smallest absolute Gasteiger partial charge is 0.325 e. The number of ketones is 1. The average Bonchev–Trinajstić information content (AvgIpc) is 3.03. The molecule has 6 nitrogen and oxygen atoms in total. The van der Waals surface area contributed by atoms with Gasteiger partial charge >= 0.3 is 5.97 Å². The summed E-state index contributed by atoms with van der Waals surface area (Å²) in [5.41, 5.74) is 0.162. The van der Waals surface area contributed by atoms with Gasteiger partial charge in [-0.2, -0.15) is 0 Å². The highest BCUT2D eigenvalue weighted by Gasteiger charge is 2.56. The summed E-state index contributed by atoms with van der Waals surface area (Å²) in [6.07, 6.45) is 0.526. The molecule has 0 saturated carbocycles. The average molecular weight is 317 g/mol. The van der Waals surface area contributed by atoms with E-state index in [1.165, 1.54) is 7.11 Å².